The van der Waals surface area contributed by atoms with Gasteiger partial charge in [0, 0.05) is 0 Å². The lowest BCUT2D eigenvalue weighted by molar-refractivity contribution is 0.0931. The van der Waals surface area contributed by atoms with Crippen LogP contribution in [0.3, 0.4) is 0 Å². The molecular weight excluding hydrogens is 441 g/mol. The molecule has 0 spiro atoms. The first kappa shape index (κ1) is 20.7. The van der Waals surface area contributed by atoms with Gasteiger partial charge in [0.15, 0.2) is 11.6 Å². The van der Waals surface area contributed by atoms with Crippen molar-refractivity contribution in [3.63, 3.8) is 0 Å². The van der Waals surface area contributed by atoms with Crippen molar-refractivity contribution >= 4 is 17.2 Å². The van der Waals surface area contributed by atoms with Crippen molar-refractivity contribution < 1.29 is 9.18 Å². The minimum absolute atomic E-state index is 0.0177. The number of thiophene rings is 1. The third-order valence-corrected chi connectivity index (χ3v) is 5.77. The first-order chi connectivity index (χ1) is 16.1. The molecule has 0 aliphatic carbocycles. The number of aromatic nitrogens is 6. The molecule has 2 aromatic carbocycles. The molecule has 5 rings (SSSR count). The number of amides is 1. The highest BCUT2D eigenvalue weighted by Gasteiger charge is 2.25. The van der Waals surface area contributed by atoms with Crippen LogP contribution >= 0.6 is 11.3 Å². The summed E-state index contributed by atoms with van der Waals surface area (Å²) in [7, 11) is 0. The van der Waals surface area contributed by atoms with E-state index >= 15 is 0 Å². The second-order valence-corrected chi connectivity index (χ2v) is 8.17. The molecule has 3 aromatic heterocycles. The first-order valence-electron chi connectivity index (χ1n) is 10.1. The zero-order chi connectivity index (χ0) is 22.8. The standard InChI is InChI=1S/C23H18FN7OS/c1-14-25-20(29-28-14)19(15-6-3-2-4-7-15)26-23(32)21-27-22(18-8-5-13-33-18)31(30-21)17-11-9-16(24)10-12-17/h2-13,19H,1H3,(H,26,32)(H,25,28,29). The summed E-state index contributed by atoms with van der Waals surface area (Å²) >= 11 is 1.47. The average molecular weight is 460 g/mol. The molecule has 1 unspecified atom stereocenters. The van der Waals surface area contributed by atoms with E-state index in [9.17, 15) is 9.18 Å². The number of carbonyl (C=O) groups excluding carboxylic acids is 1. The van der Waals surface area contributed by atoms with Crippen molar-refractivity contribution in [2.24, 2.45) is 0 Å². The number of hydrogen-bond acceptors (Lipinski definition) is 6. The van der Waals surface area contributed by atoms with E-state index in [1.807, 2.05) is 47.8 Å². The van der Waals surface area contributed by atoms with Crippen LogP contribution in [-0.2, 0) is 0 Å². The highest BCUT2D eigenvalue weighted by atomic mass is 32.1. The number of rotatable bonds is 6. The van der Waals surface area contributed by atoms with E-state index in [0.29, 0.717) is 23.2 Å². The van der Waals surface area contributed by atoms with Gasteiger partial charge in [-0.25, -0.2) is 19.0 Å². The van der Waals surface area contributed by atoms with E-state index in [1.165, 1.54) is 28.2 Å². The van der Waals surface area contributed by atoms with Gasteiger partial charge in [-0.3, -0.25) is 9.89 Å². The lowest BCUT2D eigenvalue weighted by atomic mass is 10.1. The fraction of sp³-hybridized carbons (Fsp3) is 0.0870. The molecule has 10 heteroatoms. The summed E-state index contributed by atoms with van der Waals surface area (Å²) in [6.45, 7) is 1.79. The molecule has 0 fully saturated rings. The summed E-state index contributed by atoms with van der Waals surface area (Å²) in [5, 5.41) is 16.3. The zero-order valence-corrected chi connectivity index (χ0v) is 18.3. The summed E-state index contributed by atoms with van der Waals surface area (Å²) in [6, 6.07) is 18.5. The lowest BCUT2D eigenvalue weighted by Gasteiger charge is -2.15. The average Bonchev–Trinajstić information content (AvgIpc) is 3.59. The number of nitrogens with zero attached hydrogens (tertiary/aromatic N) is 5. The predicted octanol–water partition coefficient (Wildman–Crippen LogP) is 4.08. The Kier molecular flexibility index (Phi) is 5.49. The molecule has 1 amide bonds. The summed E-state index contributed by atoms with van der Waals surface area (Å²) in [5.74, 6) is 0.706. The van der Waals surface area contributed by atoms with Gasteiger partial charge in [-0.05, 0) is 48.2 Å². The summed E-state index contributed by atoms with van der Waals surface area (Å²) < 4.78 is 15.0. The van der Waals surface area contributed by atoms with Crippen molar-refractivity contribution in [1.29, 1.82) is 0 Å². The minimum atomic E-state index is -0.591. The normalized spacial score (nSPS) is 11.9. The Morgan fingerprint density at radius 3 is 2.52 bits per heavy atom. The van der Waals surface area contributed by atoms with Gasteiger partial charge in [0.25, 0.3) is 5.91 Å². The number of hydrogen-bond donors (Lipinski definition) is 2. The van der Waals surface area contributed by atoms with Crippen LogP contribution in [0, 0.1) is 12.7 Å². The molecule has 164 valence electrons. The van der Waals surface area contributed by atoms with Crippen LogP contribution in [0.1, 0.15) is 33.9 Å². The van der Waals surface area contributed by atoms with Gasteiger partial charge in [0.2, 0.25) is 5.82 Å². The lowest BCUT2D eigenvalue weighted by Crippen LogP contribution is -2.31. The van der Waals surface area contributed by atoms with Gasteiger partial charge in [-0.2, -0.15) is 5.10 Å². The predicted molar refractivity (Wildman–Crippen MR) is 122 cm³/mol. The second-order valence-electron chi connectivity index (χ2n) is 7.22. The maximum atomic E-state index is 13.5. The number of benzene rings is 2. The smallest absolute Gasteiger partial charge is 0.291 e. The Balaban J connectivity index is 1.52. The molecule has 0 saturated heterocycles. The number of aryl methyl sites for hydroxylation is 1. The topological polar surface area (TPSA) is 101 Å². The quantitative estimate of drug-likeness (QED) is 0.398. The Bertz CT molecular complexity index is 1380. The van der Waals surface area contributed by atoms with Gasteiger partial charge in [0.1, 0.15) is 17.7 Å². The third kappa shape index (κ3) is 4.28. The number of nitrogens with one attached hydrogen (secondary N) is 2. The van der Waals surface area contributed by atoms with E-state index < -0.39 is 11.9 Å². The molecule has 0 aliphatic rings. The molecule has 5 aromatic rings. The fourth-order valence-electron chi connectivity index (χ4n) is 3.36. The van der Waals surface area contributed by atoms with Gasteiger partial charge in [-0.1, -0.05) is 36.4 Å². The van der Waals surface area contributed by atoms with Crippen LogP contribution in [0.15, 0.2) is 72.1 Å². The Hall–Kier alpha value is -4.18. The molecule has 0 saturated carbocycles. The van der Waals surface area contributed by atoms with Crippen molar-refractivity contribution in [1.82, 2.24) is 35.3 Å². The van der Waals surface area contributed by atoms with E-state index in [0.717, 1.165) is 10.4 Å². The molecule has 33 heavy (non-hydrogen) atoms. The zero-order valence-electron chi connectivity index (χ0n) is 17.4. The third-order valence-electron chi connectivity index (χ3n) is 4.90. The molecule has 8 nitrogen and oxygen atoms in total. The summed E-state index contributed by atoms with van der Waals surface area (Å²) in [5.41, 5.74) is 1.41. The largest absolute Gasteiger partial charge is 0.335 e. The number of aromatic amines is 1. The van der Waals surface area contributed by atoms with Crippen LogP contribution < -0.4 is 5.32 Å². The van der Waals surface area contributed by atoms with E-state index in [4.69, 9.17) is 0 Å². The van der Waals surface area contributed by atoms with Crippen molar-refractivity contribution in [2.75, 3.05) is 0 Å². The highest BCUT2D eigenvalue weighted by Crippen LogP contribution is 2.26. The maximum Gasteiger partial charge on any atom is 0.291 e. The summed E-state index contributed by atoms with van der Waals surface area (Å²) in [6.07, 6.45) is 0. The molecular formula is C23H18FN7OS. The highest BCUT2D eigenvalue weighted by molar-refractivity contribution is 7.13. The number of halogens is 1. The second kappa shape index (κ2) is 8.75. The summed E-state index contributed by atoms with van der Waals surface area (Å²) in [4.78, 5) is 23.0. The van der Waals surface area contributed by atoms with Crippen LogP contribution in [0.25, 0.3) is 16.4 Å². The van der Waals surface area contributed by atoms with E-state index in [-0.39, 0.29) is 11.6 Å². The van der Waals surface area contributed by atoms with Gasteiger partial charge >= 0.3 is 0 Å². The fourth-order valence-corrected chi connectivity index (χ4v) is 4.06. The number of carbonyl (C=O) groups is 1. The van der Waals surface area contributed by atoms with Crippen molar-refractivity contribution in [2.45, 2.75) is 13.0 Å². The van der Waals surface area contributed by atoms with Gasteiger partial charge < -0.3 is 5.32 Å². The van der Waals surface area contributed by atoms with Gasteiger partial charge in [0.05, 0.1) is 10.6 Å². The molecule has 0 radical (unpaired) electrons. The van der Waals surface area contributed by atoms with Crippen molar-refractivity contribution in [3.8, 4) is 16.4 Å². The molecule has 3 heterocycles. The Morgan fingerprint density at radius 1 is 1.06 bits per heavy atom. The van der Waals surface area contributed by atoms with Crippen LogP contribution in [0.2, 0.25) is 0 Å². The van der Waals surface area contributed by atoms with E-state index in [1.54, 1.807) is 19.1 Å². The molecule has 0 aliphatic heterocycles. The monoisotopic (exact) mass is 459 g/mol. The minimum Gasteiger partial charge on any atom is -0.335 e. The van der Waals surface area contributed by atoms with Crippen molar-refractivity contribution in [3.05, 3.63) is 101 Å². The Labute approximate surface area is 192 Å². The van der Waals surface area contributed by atoms with Crippen LogP contribution in [0.4, 0.5) is 4.39 Å². The van der Waals surface area contributed by atoms with E-state index in [2.05, 4.69) is 30.6 Å². The van der Waals surface area contributed by atoms with Crippen LogP contribution in [-0.4, -0.2) is 35.9 Å². The molecule has 2 N–H and O–H groups in total. The SMILES string of the molecule is Cc1nc(C(NC(=O)c2nc(-c3cccs3)n(-c3ccc(F)cc3)n2)c2ccccc2)n[nH]1. The maximum absolute atomic E-state index is 13.5. The van der Waals surface area contributed by atoms with Gasteiger partial charge in [-0.15, -0.1) is 16.4 Å². The first-order valence-corrected chi connectivity index (χ1v) is 11.0. The Morgan fingerprint density at radius 2 is 1.85 bits per heavy atom. The van der Waals surface area contributed by atoms with Crippen LogP contribution in [0.5, 0.6) is 0 Å². The molecule has 1 atom stereocenters. The number of H-pyrrole nitrogens is 1. The molecule has 0 bridgehead atoms.